The molecule has 27 heavy (non-hydrogen) atoms. The van der Waals surface area contributed by atoms with Crippen molar-refractivity contribution < 1.29 is 14.2 Å². The summed E-state index contributed by atoms with van der Waals surface area (Å²) >= 11 is 0. The van der Waals surface area contributed by atoms with E-state index in [9.17, 15) is 0 Å². The standard InChI is InChI=1S/C24H44O3/c1-9-21(10-2)15-25-20(7)22-14-24(22,8)12-11-18(5)26-23-17(4)13-16(3)19(6)27-23/h16-19,21-23H,7,9-15H2,1-6,8H3/t16-,17-,18-,19+,22-,23-,24+/m1/s1. The minimum Gasteiger partial charge on any atom is -0.498 e. The van der Waals surface area contributed by atoms with Crippen molar-refractivity contribution in [2.24, 2.45) is 29.1 Å². The van der Waals surface area contributed by atoms with Gasteiger partial charge in [-0.2, -0.15) is 0 Å². The van der Waals surface area contributed by atoms with E-state index in [2.05, 4.69) is 55.0 Å². The summed E-state index contributed by atoms with van der Waals surface area (Å²) < 4.78 is 18.4. The summed E-state index contributed by atoms with van der Waals surface area (Å²) in [5, 5.41) is 0. The van der Waals surface area contributed by atoms with Gasteiger partial charge in [0, 0.05) is 11.8 Å². The van der Waals surface area contributed by atoms with Crippen molar-refractivity contribution in [1.29, 1.82) is 0 Å². The Bertz CT molecular complexity index is 472. The molecule has 3 nitrogen and oxygen atoms in total. The molecule has 0 bridgehead atoms. The highest BCUT2D eigenvalue weighted by molar-refractivity contribution is 5.13. The van der Waals surface area contributed by atoms with Gasteiger partial charge in [0.1, 0.15) is 0 Å². The van der Waals surface area contributed by atoms with Crippen molar-refractivity contribution in [3.05, 3.63) is 12.3 Å². The molecule has 0 spiro atoms. The highest BCUT2D eigenvalue weighted by Crippen LogP contribution is 2.59. The van der Waals surface area contributed by atoms with Crippen LogP contribution in [0.5, 0.6) is 0 Å². The van der Waals surface area contributed by atoms with Gasteiger partial charge in [-0.05, 0) is 56.8 Å². The zero-order valence-electron chi connectivity index (χ0n) is 18.9. The largest absolute Gasteiger partial charge is 0.498 e. The molecule has 1 saturated heterocycles. The van der Waals surface area contributed by atoms with E-state index in [1.165, 1.54) is 32.1 Å². The molecule has 1 heterocycles. The SMILES string of the molecule is C=C(OCC(CC)CC)[C@H]1C[C@]1(C)CC[C@@H](C)O[C@@H]1O[C@@H](C)[C@H](C)C[C@H]1C. The van der Waals surface area contributed by atoms with Crippen molar-refractivity contribution in [2.75, 3.05) is 6.61 Å². The molecule has 158 valence electrons. The molecule has 0 radical (unpaired) electrons. The Balaban J connectivity index is 1.71. The molecule has 1 aliphatic carbocycles. The summed E-state index contributed by atoms with van der Waals surface area (Å²) in [4.78, 5) is 0. The first kappa shape index (κ1) is 22.7. The van der Waals surface area contributed by atoms with Crippen LogP contribution in [0.2, 0.25) is 0 Å². The maximum atomic E-state index is 6.27. The van der Waals surface area contributed by atoms with E-state index in [0.717, 1.165) is 18.8 Å². The third-order valence-corrected chi connectivity index (χ3v) is 7.25. The van der Waals surface area contributed by atoms with Crippen molar-refractivity contribution in [1.82, 2.24) is 0 Å². The van der Waals surface area contributed by atoms with E-state index in [0.29, 0.717) is 35.2 Å². The van der Waals surface area contributed by atoms with Crippen LogP contribution in [0, 0.1) is 29.1 Å². The molecule has 7 atom stereocenters. The van der Waals surface area contributed by atoms with E-state index >= 15 is 0 Å². The van der Waals surface area contributed by atoms with Crippen LogP contribution in [-0.4, -0.2) is 25.1 Å². The smallest absolute Gasteiger partial charge is 0.160 e. The maximum absolute atomic E-state index is 6.27. The minimum absolute atomic E-state index is 0.0488. The number of ether oxygens (including phenoxy) is 3. The van der Waals surface area contributed by atoms with Crippen LogP contribution in [0.15, 0.2) is 12.3 Å². The van der Waals surface area contributed by atoms with Crippen LogP contribution in [0.25, 0.3) is 0 Å². The molecule has 0 aromatic heterocycles. The van der Waals surface area contributed by atoms with Gasteiger partial charge in [-0.25, -0.2) is 0 Å². The molecule has 0 amide bonds. The number of allylic oxidation sites excluding steroid dienone is 1. The Kier molecular flexibility index (Phi) is 8.24. The van der Waals surface area contributed by atoms with Gasteiger partial charge >= 0.3 is 0 Å². The van der Waals surface area contributed by atoms with Crippen LogP contribution < -0.4 is 0 Å². The zero-order valence-corrected chi connectivity index (χ0v) is 18.9. The Morgan fingerprint density at radius 1 is 1.19 bits per heavy atom. The molecular formula is C24H44O3. The number of hydrogen-bond acceptors (Lipinski definition) is 3. The lowest BCUT2D eigenvalue weighted by atomic mass is 9.90. The van der Waals surface area contributed by atoms with Gasteiger partial charge in [-0.1, -0.05) is 54.0 Å². The van der Waals surface area contributed by atoms with E-state index in [1.807, 2.05) is 0 Å². The summed E-state index contributed by atoms with van der Waals surface area (Å²) in [5.74, 6) is 3.27. The van der Waals surface area contributed by atoms with Crippen molar-refractivity contribution >= 4 is 0 Å². The van der Waals surface area contributed by atoms with Gasteiger partial charge in [0.25, 0.3) is 0 Å². The molecule has 0 aromatic rings. The zero-order chi connectivity index (χ0) is 20.2. The second kappa shape index (κ2) is 9.78. The lowest BCUT2D eigenvalue weighted by Gasteiger charge is -2.38. The van der Waals surface area contributed by atoms with Gasteiger partial charge in [-0.15, -0.1) is 0 Å². The average Bonchev–Trinajstić information content (AvgIpc) is 3.31. The molecule has 1 aliphatic heterocycles. The Morgan fingerprint density at radius 2 is 1.85 bits per heavy atom. The highest BCUT2D eigenvalue weighted by Gasteiger charge is 2.52. The summed E-state index contributed by atoms with van der Waals surface area (Å²) in [7, 11) is 0. The minimum atomic E-state index is -0.0488. The first-order valence-corrected chi connectivity index (χ1v) is 11.3. The summed E-state index contributed by atoms with van der Waals surface area (Å²) in [6.07, 6.45) is 7.46. The molecule has 2 fully saturated rings. The topological polar surface area (TPSA) is 27.7 Å². The third-order valence-electron chi connectivity index (χ3n) is 7.25. The van der Waals surface area contributed by atoms with Gasteiger partial charge < -0.3 is 14.2 Å². The molecule has 0 N–H and O–H groups in total. The molecule has 0 aromatic carbocycles. The second-order valence-electron chi connectivity index (χ2n) is 9.76. The van der Waals surface area contributed by atoms with E-state index in [-0.39, 0.29) is 12.4 Å². The van der Waals surface area contributed by atoms with Gasteiger partial charge in [0.05, 0.1) is 24.6 Å². The predicted molar refractivity (Wildman–Crippen MR) is 112 cm³/mol. The van der Waals surface area contributed by atoms with Crippen LogP contribution in [0.4, 0.5) is 0 Å². The number of rotatable bonds is 11. The third kappa shape index (κ3) is 6.22. The predicted octanol–water partition coefficient (Wildman–Crippen LogP) is 6.57. The van der Waals surface area contributed by atoms with E-state index in [4.69, 9.17) is 14.2 Å². The van der Waals surface area contributed by atoms with Gasteiger partial charge in [0.15, 0.2) is 6.29 Å². The average molecular weight is 381 g/mol. The summed E-state index contributed by atoms with van der Waals surface area (Å²) in [5.41, 5.74) is 0.337. The van der Waals surface area contributed by atoms with E-state index in [1.54, 1.807) is 0 Å². The van der Waals surface area contributed by atoms with Crippen molar-refractivity contribution in [3.8, 4) is 0 Å². The molecule has 0 unspecified atom stereocenters. The van der Waals surface area contributed by atoms with Crippen LogP contribution in [0.1, 0.15) is 87.0 Å². The lowest BCUT2D eigenvalue weighted by molar-refractivity contribution is -0.244. The Morgan fingerprint density at radius 3 is 2.48 bits per heavy atom. The molecular weight excluding hydrogens is 336 g/mol. The van der Waals surface area contributed by atoms with Crippen molar-refractivity contribution in [2.45, 2.75) is 105 Å². The van der Waals surface area contributed by atoms with Gasteiger partial charge in [-0.3, -0.25) is 0 Å². The molecule has 2 aliphatic rings. The maximum Gasteiger partial charge on any atom is 0.160 e. The fourth-order valence-electron chi connectivity index (χ4n) is 4.40. The van der Waals surface area contributed by atoms with Gasteiger partial charge in [0.2, 0.25) is 0 Å². The van der Waals surface area contributed by atoms with E-state index < -0.39 is 0 Å². The Hall–Kier alpha value is -0.540. The fraction of sp³-hybridized carbons (Fsp3) is 0.917. The summed E-state index contributed by atoms with van der Waals surface area (Å²) in [6, 6.07) is 0. The Labute approximate surface area is 168 Å². The van der Waals surface area contributed by atoms with Crippen LogP contribution in [0.3, 0.4) is 0 Å². The first-order valence-electron chi connectivity index (χ1n) is 11.3. The van der Waals surface area contributed by atoms with Crippen LogP contribution in [-0.2, 0) is 14.2 Å². The summed E-state index contributed by atoms with van der Waals surface area (Å²) in [6.45, 7) is 20.8. The second-order valence-corrected chi connectivity index (χ2v) is 9.76. The molecule has 3 heteroatoms. The number of hydrogen-bond donors (Lipinski definition) is 0. The molecule has 2 rings (SSSR count). The fourth-order valence-corrected chi connectivity index (χ4v) is 4.40. The van der Waals surface area contributed by atoms with Crippen molar-refractivity contribution in [3.63, 3.8) is 0 Å². The normalized spacial score (nSPS) is 37.3. The van der Waals surface area contributed by atoms with Crippen LogP contribution >= 0.6 is 0 Å². The molecule has 1 saturated carbocycles. The monoisotopic (exact) mass is 380 g/mol. The quantitative estimate of drug-likeness (QED) is 0.379. The highest BCUT2D eigenvalue weighted by atomic mass is 16.7. The first-order chi connectivity index (χ1) is 12.7. The lowest BCUT2D eigenvalue weighted by Crippen LogP contribution is -2.40.